The van der Waals surface area contributed by atoms with Crippen LogP contribution >= 0.6 is 11.6 Å². The molecule has 6 heteroatoms. The molecule has 1 fully saturated rings. The largest absolute Gasteiger partial charge is 0.375 e. The first-order chi connectivity index (χ1) is 9.95. The van der Waals surface area contributed by atoms with Crippen molar-refractivity contribution >= 4 is 29.1 Å². The van der Waals surface area contributed by atoms with E-state index in [0.29, 0.717) is 18.1 Å². The summed E-state index contributed by atoms with van der Waals surface area (Å²) in [5.41, 5.74) is 1.73. The van der Waals surface area contributed by atoms with Crippen LogP contribution in [-0.2, 0) is 14.3 Å². The second kappa shape index (κ2) is 6.45. The Morgan fingerprint density at radius 1 is 1.43 bits per heavy atom. The van der Waals surface area contributed by atoms with E-state index < -0.39 is 6.04 Å². The van der Waals surface area contributed by atoms with Crippen LogP contribution in [0, 0.1) is 6.92 Å². The fourth-order valence-electron chi connectivity index (χ4n) is 2.42. The summed E-state index contributed by atoms with van der Waals surface area (Å²) in [6.45, 7) is 4.59. The number of aryl methyl sites for hydroxylation is 1. The first kappa shape index (κ1) is 15.8. The number of rotatable bonds is 3. The number of carbonyl (C=O) groups excluding carboxylic acids is 2. The van der Waals surface area contributed by atoms with Crippen molar-refractivity contribution in [3.8, 4) is 0 Å². The van der Waals surface area contributed by atoms with Crippen LogP contribution in [-0.4, -0.2) is 49.6 Å². The molecule has 114 valence electrons. The van der Waals surface area contributed by atoms with Gasteiger partial charge < -0.3 is 14.5 Å². The molecule has 0 saturated carbocycles. The first-order valence-corrected chi connectivity index (χ1v) is 7.19. The smallest absolute Gasteiger partial charge is 0.249 e. The Bertz CT molecular complexity index is 562. The summed E-state index contributed by atoms with van der Waals surface area (Å²) >= 11 is 6.12. The third-order valence-electron chi connectivity index (χ3n) is 3.71. The van der Waals surface area contributed by atoms with E-state index in [1.165, 1.54) is 7.11 Å². The van der Waals surface area contributed by atoms with Crippen LogP contribution in [0.5, 0.6) is 0 Å². The van der Waals surface area contributed by atoms with E-state index in [1.807, 2.05) is 19.1 Å². The Labute approximate surface area is 129 Å². The quantitative estimate of drug-likeness (QED) is 0.856. The number of anilines is 1. The molecule has 1 atom stereocenters. The number of halogens is 1. The van der Waals surface area contributed by atoms with Gasteiger partial charge in [-0.3, -0.25) is 9.59 Å². The molecule has 0 aliphatic carbocycles. The lowest BCUT2D eigenvalue weighted by Gasteiger charge is -2.39. The van der Waals surface area contributed by atoms with Crippen LogP contribution in [0.1, 0.15) is 12.5 Å². The lowest BCUT2D eigenvalue weighted by molar-refractivity contribution is -0.143. The van der Waals surface area contributed by atoms with E-state index in [1.54, 1.807) is 22.8 Å². The Morgan fingerprint density at radius 3 is 2.76 bits per heavy atom. The highest BCUT2D eigenvalue weighted by Gasteiger charge is 2.34. The molecule has 0 aromatic heterocycles. The van der Waals surface area contributed by atoms with Gasteiger partial charge in [0.1, 0.15) is 12.6 Å². The molecule has 21 heavy (non-hydrogen) atoms. The Kier molecular flexibility index (Phi) is 4.85. The van der Waals surface area contributed by atoms with Crippen LogP contribution in [0.4, 0.5) is 5.69 Å². The van der Waals surface area contributed by atoms with Crippen molar-refractivity contribution in [2.24, 2.45) is 0 Å². The van der Waals surface area contributed by atoms with Gasteiger partial charge in [0.2, 0.25) is 11.8 Å². The number of hydrogen-bond donors (Lipinski definition) is 0. The molecular formula is C15H19ClN2O3. The summed E-state index contributed by atoms with van der Waals surface area (Å²) in [5, 5.41) is 0.630. The minimum Gasteiger partial charge on any atom is -0.375 e. The Hall–Kier alpha value is -1.59. The van der Waals surface area contributed by atoms with Gasteiger partial charge in [0.15, 0.2) is 0 Å². The predicted molar refractivity (Wildman–Crippen MR) is 81.6 cm³/mol. The van der Waals surface area contributed by atoms with E-state index in [-0.39, 0.29) is 18.4 Å². The number of amides is 2. The molecule has 1 aliphatic rings. The molecule has 1 saturated heterocycles. The van der Waals surface area contributed by atoms with Gasteiger partial charge in [0, 0.05) is 30.9 Å². The number of nitrogens with zero attached hydrogens (tertiary/aromatic N) is 2. The fraction of sp³-hybridized carbons (Fsp3) is 0.467. The number of methoxy groups -OCH3 is 1. The zero-order chi connectivity index (χ0) is 15.6. The maximum Gasteiger partial charge on any atom is 0.249 e. The van der Waals surface area contributed by atoms with Crippen LogP contribution in [0.25, 0.3) is 0 Å². The van der Waals surface area contributed by atoms with Crippen molar-refractivity contribution in [3.63, 3.8) is 0 Å². The molecule has 1 aromatic rings. The molecular weight excluding hydrogens is 292 g/mol. The van der Waals surface area contributed by atoms with E-state index in [0.717, 1.165) is 11.3 Å². The first-order valence-electron chi connectivity index (χ1n) is 6.81. The van der Waals surface area contributed by atoms with Gasteiger partial charge in [-0.25, -0.2) is 0 Å². The van der Waals surface area contributed by atoms with Crippen molar-refractivity contribution < 1.29 is 14.3 Å². The van der Waals surface area contributed by atoms with Crippen LogP contribution < -0.4 is 4.90 Å². The molecule has 0 spiro atoms. The summed E-state index contributed by atoms with van der Waals surface area (Å²) in [7, 11) is 1.47. The molecule has 2 rings (SSSR count). The Balaban J connectivity index is 2.17. The van der Waals surface area contributed by atoms with Gasteiger partial charge in [-0.15, -0.1) is 0 Å². The zero-order valence-corrected chi connectivity index (χ0v) is 13.2. The standard InChI is InChI=1S/C15H19ClN2O3/c1-10-4-5-12(8-13(10)16)18-7-6-17(11(2)15(18)20)14(19)9-21-3/h4-5,8,11H,6-7,9H2,1-3H3. The van der Waals surface area contributed by atoms with E-state index in [9.17, 15) is 9.59 Å². The SMILES string of the molecule is COCC(=O)N1CCN(c2ccc(C)c(Cl)c2)C(=O)C1C. The maximum absolute atomic E-state index is 12.5. The summed E-state index contributed by atoms with van der Waals surface area (Å²) in [5.74, 6) is -0.273. The molecule has 1 aromatic carbocycles. The van der Waals surface area contributed by atoms with Gasteiger partial charge >= 0.3 is 0 Å². The van der Waals surface area contributed by atoms with Crippen molar-refractivity contribution in [2.45, 2.75) is 19.9 Å². The van der Waals surface area contributed by atoms with Crippen molar-refractivity contribution in [3.05, 3.63) is 28.8 Å². The fourth-order valence-corrected chi connectivity index (χ4v) is 2.60. The third kappa shape index (κ3) is 3.19. The molecule has 1 unspecified atom stereocenters. The summed E-state index contributed by atoms with van der Waals surface area (Å²) in [6.07, 6.45) is 0. The Morgan fingerprint density at radius 2 is 2.14 bits per heavy atom. The highest BCUT2D eigenvalue weighted by atomic mass is 35.5. The topological polar surface area (TPSA) is 49.9 Å². The highest BCUT2D eigenvalue weighted by molar-refractivity contribution is 6.31. The summed E-state index contributed by atoms with van der Waals surface area (Å²) in [6, 6.07) is 5.05. The van der Waals surface area contributed by atoms with E-state index in [2.05, 4.69) is 0 Å². The second-order valence-electron chi connectivity index (χ2n) is 5.12. The molecule has 0 radical (unpaired) electrons. The third-order valence-corrected chi connectivity index (χ3v) is 4.12. The second-order valence-corrected chi connectivity index (χ2v) is 5.53. The molecule has 5 nitrogen and oxygen atoms in total. The van der Waals surface area contributed by atoms with Crippen molar-refractivity contribution in [1.82, 2.24) is 4.90 Å². The number of ether oxygens (including phenoxy) is 1. The average Bonchev–Trinajstić information content (AvgIpc) is 2.45. The molecule has 1 aliphatic heterocycles. The van der Waals surface area contributed by atoms with Gasteiger partial charge in [-0.05, 0) is 31.5 Å². The lowest BCUT2D eigenvalue weighted by atomic mass is 10.1. The van der Waals surface area contributed by atoms with Crippen LogP contribution in [0.15, 0.2) is 18.2 Å². The van der Waals surface area contributed by atoms with Crippen molar-refractivity contribution in [2.75, 3.05) is 31.7 Å². The number of carbonyl (C=O) groups is 2. The van der Waals surface area contributed by atoms with Crippen molar-refractivity contribution in [1.29, 1.82) is 0 Å². The normalized spacial score (nSPS) is 19.0. The average molecular weight is 311 g/mol. The van der Waals surface area contributed by atoms with Crippen LogP contribution in [0.2, 0.25) is 5.02 Å². The van der Waals surface area contributed by atoms with E-state index >= 15 is 0 Å². The minimum atomic E-state index is -0.499. The maximum atomic E-state index is 12.5. The van der Waals surface area contributed by atoms with Gasteiger partial charge in [0.05, 0.1) is 0 Å². The summed E-state index contributed by atoms with van der Waals surface area (Å²) in [4.78, 5) is 27.6. The number of piperazine rings is 1. The predicted octanol–water partition coefficient (Wildman–Crippen LogP) is 1.86. The summed E-state index contributed by atoms with van der Waals surface area (Å²) < 4.78 is 4.85. The zero-order valence-electron chi connectivity index (χ0n) is 12.4. The monoisotopic (exact) mass is 310 g/mol. The van der Waals surface area contributed by atoms with E-state index in [4.69, 9.17) is 16.3 Å². The number of benzene rings is 1. The molecule has 1 heterocycles. The lowest BCUT2D eigenvalue weighted by Crippen LogP contribution is -2.58. The highest BCUT2D eigenvalue weighted by Crippen LogP contribution is 2.25. The minimum absolute atomic E-state index is 0.00597. The van der Waals surface area contributed by atoms with Gasteiger partial charge in [-0.2, -0.15) is 0 Å². The molecule has 2 amide bonds. The molecule has 0 bridgehead atoms. The molecule has 0 N–H and O–H groups in total. The number of hydrogen-bond acceptors (Lipinski definition) is 3. The van der Waals surface area contributed by atoms with Crippen LogP contribution in [0.3, 0.4) is 0 Å². The van der Waals surface area contributed by atoms with Gasteiger partial charge in [0.25, 0.3) is 0 Å². The van der Waals surface area contributed by atoms with Gasteiger partial charge in [-0.1, -0.05) is 17.7 Å².